The Morgan fingerprint density at radius 2 is 2.50 bits per heavy atom. The van der Waals surface area contributed by atoms with Gasteiger partial charge in [-0.15, -0.1) is 0 Å². The third-order valence-corrected chi connectivity index (χ3v) is 1.83. The Bertz CT molecular complexity index is 207. The van der Waals surface area contributed by atoms with Gasteiger partial charge in [0.2, 0.25) is 0 Å². The monoisotopic (exact) mass is 133 g/mol. The number of aromatic nitrogens is 1. The molecule has 0 aromatic carbocycles. The highest BCUT2D eigenvalue weighted by molar-refractivity contribution is 5.24. The summed E-state index contributed by atoms with van der Waals surface area (Å²) in [6, 6.07) is 1.98. The molecule has 0 fully saturated rings. The van der Waals surface area contributed by atoms with Crippen LogP contribution in [0.2, 0.25) is 0 Å². The van der Waals surface area contributed by atoms with Crippen LogP contribution in [0.3, 0.4) is 0 Å². The van der Waals surface area contributed by atoms with E-state index in [0.717, 1.165) is 19.5 Å². The van der Waals surface area contributed by atoms with Crippen LogP contribution in [0.15, 0.2) is 12.3 Å². The lowest BCUT2D eigenvalue weighted by molar-refractivity contribution is 0.640. The van der Waals surface area contributed by atoms with Gasteiger partial charge in [0.05, 0.1) is 6.20 Å². The Morgan fingerprint density at radius 1 is 1.50 bits per heavy atom. The molecule has 51 valence electrons. The van der Waals surface area contributed by atoms with Crippen LogP contribution < -0.4 is 5.32 Å². The molecule has 1 N–H and O–H groups in total. The number of nitrogens with zero attached hydrogens (tertiary/aromatic N) is 1. The largest absolute Gasteiger partial charge is 0.312 e. The van der Waals surface area contributed by atoms with Crippen molar-refractivity contribution in [2.75, 3.05) is 6.54 Å². The van der Waals surface area contributed by atoms with Crippen LogP contribution in [0, 0.1) is 6.20 Å². The van der Waals surface area contributed by atoms with Crippen molar-refractivity contribution in [3.8, 4) is 0 Å². The SMILES string of the molecule is [c]1cc2c(cn1)CNCC2. The Balaban J connectivity index is 2.41. The molecule has 1 aliphatic heterocycles. The second kappa shape index (κ2) is 2.39. The van der Waals surface area contributed by atoms with E-state index in [-0.39, 0.29) is 0 Å². The topological polar surface area (TPSA) is 24.9 Å². The second-order valence-corrected chi connectivity index (χ2v) is 2.51. The maximum Gasteiger partial charge on any atom is 0.0889 e. The molecule has 2 heteroatoms. The molecule has 1 aliphatic rings. The van der Waals surface area contributed by atoms with Crippen LogP contribution in [-0.2, 0) is 13.0 Å². The maximum atomic E-state index is 3.93. The minimum absolute atomic E-state index is 0.969. The van der Waals surface area contributed by atoms with Crippen molar-refractivity contribution in [3.05, 3.63) is 29.6 Å². The van der Waals surface area contributed by atoms with Crippen molar-refractivity contribution < 1.29 is 0 Å². The highest BCUT2D eigenvalue weighted by Crippen LogP contribution is 2.09. The fraction of sp³-hybridized carbons (Fsp3) is 0.375. The first-order chi connectivity index (χ1) is 4.97. The molecule has 0 aliphatic carbocycles. The molecule has 10 heavy (non-hydrogen) atoms. The van der Waals surface area contributed by atoms with E-state index in [1.165, 1.54) is 11.1 Å². The smallest absolute Gasteiger partial charge is 0.0889 e. The Morgan fingerprint density at radius 3 is 3.40 bits per heavy atom. The van der Waals surface area contributed by atoms with Crippen molar-refractivity contribution in [3.63, 3.8) is 0 Å². The van der Waals surface area contributed by atoms with E-state index in [1.807, 2.05) is 12.3 Å². The van der Waals surface area contributed by atoms with Gasteiger partial charge in [0.15, 0.2) is 0 Å². The van der Waals surface area contributed by atoms with Gasteiger partial charge >= 0.3 is 0 Å². The molecule has 2 heterocycles. The van der Waals surface area contributed by atoms with Crippen LogP contribution in [-0.4, -0.2) is 11.5 Å². The van der Waals surface area contributed by atoms with Gasteiger partial charge in [-0.1, -0.05) is 0 Å². The Labute approximate surface area is 60.3 Å². The molecule has 0 bridgehead atoms. The summed E-state index contributed by atoms with van der Waals surface area (Å²) < 4.78 is 0. The zero-order valence-electron chi connectivity index (χ0n) is 5.72. The lowest BCUT2D eigenvalue weighted by Gasteiger charge is -2.14. The lowest BCUT2D eigenvalue weighted by atomic mass is 10.0. The summed E-state index contributed by atoms with van der Waals surface area (Å²) in [6.07, 6.45) is 5.85. The van der Waals surface area contributed by atoms with Gasteiger partial charge in [-0.2, -0.15) is 0 Å². The van der Waals surface area contributed by atoms with E-state index >= 15 is 0 Å². The summed E-state index contributed by atoms with van der Waals surface area (Å²) in [4.78, 5) is 3.93. The molecular formula is C8H9N2. The van der Waals surface area contributed by atoms with Crippen molar-refractivity contribution in [1.82, 2.24) is 10.3 Å². The lowest BCUT2D eigenvalue weighted by Crippen LogP contribution is -2.23. The average molecular weight is 133 g/mol. The first kappa shape index (κ1) is 5.86. The van der Waals surface area contributed by atoms with Crippen molar-refractivity contribution in [2.24, 2.45) is 0 Å². The van der Waals surface area contributed by atoms with Gasteiger partial charge in [0.25, 0.3) is 0 Å². The normalized spacial score (nSPS) is 16.4. The third kappa shape index (κ3) is 0.907. The zero-order valence-corrected chi connectivity index (χ0v) is 5.72. The van der Waals surface area contributed by atoms with Gasteiger partial charge in [-0.05, 0) is 30.2 Å². The summed E-state index contributed by atoms with van der Waals surface area (Å²) in [7, 11) is 0. The van der Waals surface area contributed by atoms with E-state index in [1.54, 1.807) is 0 Å². The number of rotatable bonds is 0. The first-order valence-corrected chi connectivity index (χ1v) is 3.51. The molecule has 0 atom stereocenters. The fourth-order valence-electron chi connectivity index (χ4n) is 1.24. The van der Waals surface area contributed by atoms with E-state index in [4.69, 9.17) is 0 Å². The molecule has 0 spiro atoms. The quantitative estimate of drug-likeness (QED) is 0.558. The minimum Gasteiger partial charge on any atom is -0.312 e. The maximum absolute atomic E-state index is 3.93. The van der Waals surface area contributed by atoms with Crippen LogP contribution >= 0.6 is 0 Å². The van der Waals surface area contributed by atoms with Crippen molar-refractivity contribution in [2.45, 2.75) is 13.0 Å². The van der Waals surface area contributed by atoms with Gasteiger partial charge < -0.3 is 5.32 Å². The summed E-state index contributed by atoms with van der Waals surface area (Å²) in [5, 5.41) is 3.29. The standard InChI is InChI=1S/C8H9N2/c1-3-9-5-8-6-10-4-2-7(1)8/h1,5,10H,2,4,6H2. The predicted molar refractivity (Wildman–Crippen MR) is 38.5 cm³/mol. The number of nitrogens with one attached hydrogen (secondary N) is 1. The fourth-order valence-corrected chi connectivity index (χ4v) is 1.24. The van der Waals surface area contributed by atoms with Crippen molar-refractivity contribution in [1.29, 1.82) is 0 Å². The molecule has 0 amide bonds. The molecule has 0 saturated heterocycles. The van der Waals surface area contributed by atoms with E-state index < -0.39 is 0 Å². The van der Waals surface area contributed by atoms with Gasteiger partial charge in [-0.3, -0.25) is 4.98 Å². The predicted octanol–water partition coefficient (Wildman–Crippen LogP) is 0.527. The van der Waals surface area contributed by atoms with Gasteiger partial charge in [0, 0.05) is 12.7 Å². The average Bonchev–Trinajstić information content (AvgIpc) is 2.05. The number of pyridine rings is 1. The first-order valence-electron chi connectivity index (χ1n) is 3.51. The van der Waals surface area contributed by atoms with Crippen LogP contribution in [0.25, 0.3) is 0 Å². The van der Waals surface area contributed by atoms with E-state index in [9.17, 15) is 0 Å². The zero-order chi connectivity index (χ0) is 6.81. The number of hydrogen-bond donors (Lipinski definition) is 1. The molecule has 1 aromatic rings. The van der Waals surface area contributed by atoms with Crippen molar-refractivity contribution >= 4 is 0 Å². The summed E-state index contributed by atoms with van der Waals surface area (Å²) in [5.74, 6) is 0. The third-order valence-electron chi connectivity index (χ3n) is 1.83. The van der Waals surface area contributed by atoms with Crippen LogP contribution in [0.5, 0.6) is 0 Å². The number of hydrogen-bond acceptors (Lipinski definition) is 2. The molecule has 0 unspecified atom stereocenters. The second-order valence-electron chi connectivity index (χ2n) is 2.51. The molecule has 1 radical (unpaired) electrons. The molecule has 1 aromatic heterocycles. The van der Waals surface area contributed by atoms with Crippen LogP contribution in [0.1, 0.15) is 11.1 Å². The highest BCUT2D eigenvalue weighted by Gasteiger charge is 2.06. The Hall–Kier alpha value is -0.890. The molecule has 2 rings (SSSR count). The molecule has 0 saturated carbocycles. The minimum atomic E-state index is 0.969. The highest BCUT2D eigenvalue weighted by atomic mass is 14.9. The van der Waals surface area contributed by atoms with Crippen LogP contribution in [0.4, 0.5) is 0 Å². The van der Waals surface area contributed by atoms with Gasteiger partial charge in [0.1, 0.15) is 0 Å². The molecule has 2 nitrogen and oxygen atoms in total. The summed E-state index contributed by atoms with van der Waals surface area (Å²) in [6.45, 7) is 2.06. The molecular weight excluding hydrogens is 124 g/mol. The summed E-state index contributed by atoms with van der Waals surface area (Å²) >= 11 is 0. The number of fused-ring (bicyclic) bond motifs is 1. The van der Waals surface area contributed by atoms with E-state index in [2.05, 4.69) is 16.5 Å². The summed E-state index contributed by atoms with van der Waals surface area (Å²) in [5.41, 5.74) is 2.72. The Kier molecular flexibility index (Phi) is 1.40. The van der Waals surface area contributed by atoms with Gasteiger partial charge in [-0.25, -0.2) is 0 Å². The van der Waals surface area contributed by atoms with E-state index in [0.29, 0.717) is 0 Å².